The van der Waals surface area contributed by atoms with E-state index in [1.807, 2.05) is 55.5 Å². The molecule has 24 heavy (non-hydrogen) atoms. The molecule has 3 N–H and O–H groups in total. The van der Waals surface area contributed by atoms with E-state index in [9.17, 15) is 0 Å². The van der Waals surface area contributed by atoms with Gasteiger partial charge in [-0.3, -0.25) is 0 Å². The molecule has 3 rings (SSSR count). The highest BCUT2D eigenvalue weighted by molar-refractivity contribution is 5.80. The van der Waals surface area contributed by atoms with Crippen LogP contribution in [0.4, 0.5) is 5.69 Å². The molecule has 0 aliphatic rings. The Hall–Kier alpha value is -2.59. The van der Waals surface area contributed by atoms with Crippen molar-refractivity contribution in [1.82, 2.24) is 4.98 Å². The van der Waals surface area contributed by atoms with Crippen molar-refractivity contribution in [3.05, 3.63) is 60.2 Å². The van der Waals surface area contributed by atoms with E-state index in [1.165, 1.54) is 0 Å². The molecule has 1 unspecified atom stereocenters. The zero-order valence-corrected chi connectivity index (χ0v) is 14.1. The normalized spacial score (nSPS) is 12.1. The molecule has 0 aliphatic heterocycles. The van der Waals surface area contributed by atoms with Crippen LogP contribution >= 0.6 is 0 Å². The number of aromatic nitrogens is 1. The number of anilines is 1. The van der Waals surface area contributed by atoms with Crippen molar-refractivity contribution in [2.75, 3.05) is 11.9 Å². The van der Waals surface area contributed by atoms with Gasteiger partial charge in [-0.15, -0.1) is 0 Å². The van der Waals surface area contributed by atoms with E-state index in [0.717, 1.165) is 40.9 Å². The van der Waals surface area contributed by atoms with E-state index in [4.69, 9.17) is 10.5 Å². The number of benzene rings is 2. The summed E-state index contributed by atoms with van der Waals surface area (Å²) in [5.74, 6) is 1.36. The molecule has 0 spiro atoms. The van der Waals surface area contributed by atoms with E-state index >= 15 is 0 Å². The number of pyridine rings is 1. The zero-order chi connectivity index (χ0) is 16.9. The summed E-state index contributed by atoms with van der Waals surface area (Å²) >= 11 is 0. The minimum atomic E-state index is 0.0187. The maximum absolute atomic E-state index is 5.93. The molecule has 0 radical (unpaired) electrons. The highest BCUT2D eigenvalue weighted by Crippen LogP contribution is 2.25. The Morgan fingerprint density at radius 2 is 1.88 bits per heavy atom. The van der Waals surface area contributed by atoms with Crippen LogP contribution in [0.1, 0.15) is 31.9 Å². The van der Waals surface area contributed by atoms with Gasteiger partial charge in [0.2, 0.25) is 5.88 Å². The van der Waals surface area contributed by atoms with Gasteiger partial charge in [-0.1, -0.05) is 13.0 Å². The first kappa shape index (κ1) is 16.3. The average molecular weight is 321 g/mol. The van der Waals surface area contributed by atoms with Crippen molar-refractivity contribution < 1.29 is 4.74 Å². The fourth-order valence-electron chi connectivity index (χ4n) is 2.50. The Bertz CT molecular complexity index is 813. The van der Waals surface area contributed by atoms with E-state index in [-0.39, 0.29) is 6.04 Å². The first-order chi connectivity index (χ1) is 11.7. The summed E-state index contributed by atoms with van der Waals surface area (Å²) < 4.78 is 5.86. The van der Waals surface area contributed by atoms with Crippen LogP contribution in [-0.4, -0.2) is 11.5 Å². The maximum atomic E-state index is 5.93. The van der Waals surface area contributed by atoms with Gasteiger partial charge in [0.15, 0.2) is 0 Å². The summed E-state index contributed by atoms with van der Waals surface area (Å²) in [5, 5.41) is 4.41. The number of nitrogens with two attached hydrogens (primary N) is 1. The smallest absolute Gasteiger partial charge is 0.219 e. The standard InChI is InChI=1S/C20H23N3O/c1-3-12-22-17-6-8-18(9-7-17)24-20-11-5-16-13-15(14(2)21)4-10-19(16)23-20/h4-11,13-14,22H,3,12,21H2,1-2H3. The Balaban J connectivity index is 1.76. The van der Waals surface area contributed by atoms with Crippen molar-refractivity contribution in [3.63, 3.8) is 0 Å². The fraction of sp³-hybridized carbons (Fsp3) is 0.250. The molecule has 1 aromatic heterocycles. The van der Waals surface area contributed by atoms with E-state index in [0.29, 0.717) is 5.88 Å². The largest absolute Gasteiger partial charge is 0.439 e. The van der Waals surface area contributed by atoms with E-state index in [1.54, 1.807) is 0 Å². The lowest BCUT2D eigenvalue weighted by Crippen LogP contribution is -2.04. The van der Waals surface area contributed by atoms with Gasteiger partial charge in [0, 0.05) is 29.7 Å². The third-order valence-corrected chi connectivity index (χ3v) is 3.87. The molecule has 3 aromatic rings. The highest BCUT2D eigenvalue weighted by atomic mass is 16.5. The number of fused-ring (bicyclic) bond motifs is 1. The van der Waals surface area contributed by atoms with Crippen LogP contribution < -0.4 is 15.8 Å². The summed E-state index contributed by atoms with van der Waals surface area (Å²) in [6, 6.07) is 17.9. The molecule has 1 atom stereocenters. The van der Waals surface area contributed by atoms with Crippen LogP contribution in [0.5, 0.6) is 11.6 Å². The van der Waals surface area contributed by atoms with Crippen molar-refractivity contribution >= 4 is 16.6 Å². The summed E-state index contributed by atoms with van der Waals surface area (Å²) in [5.41, 5.74) is 9.03. The van der Waals surface area contributed by atoms with Gasteiger partial charge in [-0.25, -0.2) is 4.98 Å². The van der Waals surface area contributed by atoms with Crippen LogP contribution in [-0.2, 0) is 0 Å². The predicted molar refractivity (Wildman–Crippen MR) is 99.6 cm³/mol. The number of hydrogen-bond donors (Lipinski definition) is 2. The molecule has 4 nitrogen and oxygen atoms in total. The second-order valence-corrected chi connectivity index (χ2v) is 5.94. The summed E-state index contributed by atoms with van der Waals surface area (Å²) in [6.45, 7) is 5.09. The molecule has 4 heteroatoms. The number of nitrogens with zero attached hydrogens (tertiary/aromatic N) is 1. The molecular formula is C20H23N3O. The number of rotatable bonds is 6. The third-order valence-electron chi connectivity index (χ3n) is 3.87. The SMILES string of the molecule is CCCNc1ccc(Oc2ccc3cc(C(C)N)ccc3n2)cc1. The molecule has 0 aliphatic carbocycles. The van der Waals surface area contributed by atoms with Gasteiger partial charge in [0.1, 0.15) is 5.75 Å². The second-order valence-electron chi connectivity index (χ2n) is 5.94. The molecule has 1 heterocycles. The van der Waals surface area contributed by atoms with Crippen molar-refractivity contribution in [1.29, 1.82) is 0 Å². The van der Waals surface area contributed by atoms with Crippen LogP contribution in [0.25, 0.3) is 10.9 Å². The number of ether oxygens (including phenoxy) is 1. The minimum Gasteiger partial charge on any atom is -0.439 e. The van der Waals surface area contributed by atoms with Crippen molar-refractivity contribution in [2.45, 2.75) is 26.3 Å². The molecular weight excluding hydrogens is 298 g/mol. The van der Waals surface area contributed by atoms with Crippen LogP contribution in [0.15, 0.2) is 54.6 Å². The van der Waals surface area contributed by atoms with E-state index < -0.39 is 0 Å². The molecule has 0 saturated carbocycles. The van der Waals surface area contributed by atoms with Gasteiger partial charge >= 0.3 is 0 Å². The van der Waals surface area contributed by atoms with Gasteiger partial charge in [0.25, 0.3) is 0 Å². The molecule has 0 saturated heterocycles. The maximum Gasteiger partial charge on any atom is 0.219 e. The molecule has 0 fully saturated rings. The monoisotopic (exact) mass is 321 g/mol. The summed E-state index contributed by atoms with van der Waals surface area (Å²) in [4.78, 5) is 4.56. The van der Waals surface area contributed by atoms with Crippen LogP contribution in [0.3, 0.4) is 0 Å². The Morgan fingerprint density at radius 1 is 1.08 bits per heavy atom. The average Bonchev–Trinajstić information content (AvgIpc) is 2.60. The second kappa shape index (κ2) is 7.32. The van der Waals surface area contributed by atoms with Gasteiger partial charge in [-0.05, 0) is 61.4 Å². The quantitative estimate of drug-likeness (QED) is 0.680. The predicted octanol–water partition coefficient (Wildman–Crippen LogP) is 4.87. The zero-order valence-electron chi connectivity index (χ0n) is 14.1. The first-order valence-corrected chi connectivity index (χ1v) is 8.34. The lowest BCUT2D eigenvalue weighted by atomic mass is 10.1. The summed E-state index contributed by atoms with van der Waals surface area (Å²) in [6.07, 6.45) is 1.10. The van der Waals surface area contributed by atoms with Crippen LogP contribution in [0, 0.1) is 0 Å². The van der Waals surface area contributed by atoms with Gasteiger partial charge in [0.05, 0.1) is 5.52 Å². The van der Waals surface area contributed by atoms with Gasteiger partial charge in [-0.2, -0.15) is 0 Å². The molecule has 124 valence electrons. The highest BCUT2D eigenvalue weighted by Gasteiger charge is 2.04. The number of nitrogens with one attached hydrogen (secondary N) is 1. The fourth-order valence-corrected chi connectivity index (χ4v) is 2.50. The van der Waals surface area contributed by atoms with Crippen molar-refractivity contribution in [3.8, 4) is 11.6 Å². The third kappa shape index (κ3) is 3.84. The Morgan fingerprint density at radius 3 is 2.58 bits per heavy atom. The van der Waals surface area contributed by atoms with E-state index in [2.05, 4.69) is 23.3 Å². The lowest BCUT2D eigenvalue weighted by Gasteiger charge is -2.09. The van der Waals surface area contributed by atoms with Crippen LogP contribution in [0.2, 0.25) is 0 Å². The number of hydrogen-bond acceptors (Lipinski definition) is 4. The Kier molecular flexibility index (Phi) is 4.96. The lowest BCUT2D eigenvalue weighted by molar-refractivity contribution is 0.465. The topological polar surface area (TPSA) is 60.2 Å². The minimum absolute atomic E-state index is 0.0187. The Labute approximate surface area is 142 Å². The summed E-state index contributed by atoms with van der Waals surface area (Å²) in [7, 11) is 0. The molecule has 0 amide bonds. The van der Waals surface area contributed by atoms with Gasteiger partial charge < -0.3 is 15.8 Å². The molecule has 0 bridgehead atoms. The first-order valence-electron chi connectivity index (χ1n) is 8.34. The molecule has 2 aromatic carbocycles. The van der Waals surface area contributed by atoms with Crippen molar-refractivity contribution in [2.24, 2.45) is 5.73 Å².